The second-order valence-corrected chi connectivity index (χ2v) is 6.15. The summed E-state index contributed by atoms with van der Waals surface area (Å²) in [4.78, 5) is 19.3. The molecule has 0 aromatic carbocycles. The van der Waals surface area contributed by atoms with Gasteiger partial charge in [0.1, 0.15) is 0 Å². The topological polar surface area (TPSA) is 125 Å². The molecular formula is C19H40N2O5. The van der Waals surface area contributed by atoms with Crippen LogP contribution in [0.1, 0.15) is 96.8 Å². The van der Waals surface area contributed by atoms with Gasteiger partial charge in [0.2, 0.25) is 0 Å². The molecule has 0 fully saturated rings. The number of nitrogens with zero attached hydrogens (tertiary/aromatic N) is 1. The number of esters is 1. The summed E-state index contributed by atoms with van der Waals surface area (Å²) in [5.41, 5.74) is 0. The molecule has 0 heterocycles. The van der Waals surface area contributed by atoms with Crippen LogP contribution in [0.15, 0.2) is 12.2 Å². The zero-order valence-corrected chi connectivity index (χ0v) is 16.8. The highest BCUT2D eigenvalue weighted by atomic mass is 16.9. The molecule has 0 saturated heterocycles. The van der Waals surface area contributed by atoms with Gasteiger partial charge in [-0.3, -0.25) is 4.79 Å². The minimum absolute atomic E-state index is 0. The molecule has 0 amide bonds. The predicted octanol–water partition coefficient (Wildman–Crippen LogP) is 6.01. The van der Waals surface area contributed by atoms with Gasteiger partial charge in [-0.1, -0.05) is 70.4 Å². The summed E-state index contributed by atoms with van der Waals surface area (Å²) in [5.74, 6) is -0.0763. The molecule has 0 aliphatic carbocycles. The number of rotatable bonds is 15. The molecule has 156 valence electrons. The van der Waals surface area contributed by atoms with Crippen molar-refractivity contribution in [2.24, 2.45) is 0 Å². The van der Waals surface area contributed by atoms with Gasteiger partial charge in [0.15, 0.2) is 0 Å². The fourth-order valence-electron chi connectivity index (χ4n) is 2.44. The van der Waals surface area contributed by atoms with Gasteiger partial charge in [0.05, 0.1) is 7.11 Å². The van der Waals surface area contributed by atoms with E-state index in [0.717, 1.165) is 12.8 Å². The molecule has 0 bridgehead atoms. The normalized spacial score (nSPS) is 9.92. The van der Waals surface area contributed by atoms with Crippen molar-refractivity contribution < 1.29 is 19.8 Å². The summed E-state index contributed by atoms with van der Waals surface area (Å²) in [6.45, 7) is 2.27. The Labute approximate surface area is 158 Å². The predicted molar refractivity (Wildman–Crippen MR) is 105 cm³/mol. The van der Waals surface area contributed by atoms with E-state index in [0.29, 0.717) is 6.42 Å². The largest absolute Gasteiger partial charge is 0.469 e. The van der Waals surface area contributed by atoms with Crippen molar-refractivity contribution >= 4 is 5.97 Å². The third kappa shape index (κ3) is 33.9. The fraction of sp³-hybridized carbons (Fsp3) is 0.842. The molecule has 7 nitrogen and oxygen atoms in total. The molecule has 0 rings (SSSR count). The summed E-state index contributed by atoms with van der Waals surface area (Å²) in [5, 5.41) is 13.6. The third-order valence-corrected chi connectivity index (χ3v) is 3.87. The van der Waals surface area contributed by atoms with Gasteiger partial charge in [-0.25, -0.2) is 0 Å². The first-order valence-electron chi connectivity index (χ1n) is 9.59. The number of allylic oxidation sites excluding steroid dienone is 2. The molecule has 0 unspecified atom stereocenters. The average molecular weight is 377 g/mol. The maximum absolute atomic E-state index is 10.9. The maximum atomic E-state index is 10.9. The Morgan fingerprint density at radius 2 is 1.31 bits per heavy atom. The van der Waals surface area contributed by atoms with Crippen LogP contribution in [0.4, 0.5) is 0 Å². The first-order chi connectivity index (χ1) is 12.0. The summed E-state index contributed by atoms with van der Waals surface area (Å²) < 4.78 is 4.62. The first kappa shape index (κ1) is 29.1. The quantitative estimate of drug-likeness (QED) is 0.118. The SMILES string of the molecule is CCCCCCCC/C=C\CCCCCCCC(=O)OC.N.O=[N+]([O-])O. The van der Waals surface area contributed by atoms with Gasteiger partial charge in [0, 0.05) is 6.42 Å². The van der Waals surface area contributed by atoms with E-state index in [1.807, 2.05) is 0 Å². The van der Waals surface area contributed by atoms with E-state index in [9.17, 15) is 4.79 Å². The Morgan fingerprint density at radius 3 is 1.73 bits per heavy atom. The monoisotopic (exact) mass is 376 g/mol. The molecule has 0 radical (unpaired) electrons. The number of unbranched alkanes of at least 4 members (excludes halogenated alkanes) is 11. The Kier molecular flexibility index (Phi) is 28.7. The molecule has 0 aromatic rings. The van der Waals surface area contributed by atoms with Crippen LogP contribution in [0.25, 0.3) is 0 Å². The van der Waals surface area contributed by atoms with Crippen molar-refractivity contribution in [2.45, 2.75) is 96.8 Å². The van der Waals surface area contributed by atoms with Crippen molar-refractivity contribution in [1.29, 1.82) is 0 Å². The molecule has 26 heavy (non-hydrogen) atoms. The Morgan fingerprint density at radius 1 is 0.923 bits per heavy atom. The number of hydrogen-bond donors (Lipinski definition) is 2. The fourth-order valence-corrected chi connectivity index (χ4v) is 2.44. The van der Waals surface area contributed by atoms with Crippen LogP contribution in [0.3, 0.4) is 0 Å². The summed E-state index contributed by atoms with van der Waals surface area (Å²) >= 11 is 0. The van der Waals surface area contributed by atoms with Crippen LogP contribution in [-0.4, -0.2) is 23.4 Å². The van der Waals surface area contributed by atoms with Gasteiger partial charge < -0.3 is 16.1 Å². The zero-order chi connectivity index (χ0) is 19.2. The highest BCUT2D eigenvalue weighted by Gasteiger charge is 1.98. The lowest BCUT2D eigenvalue weighted by molar-refractivity contribution is -0.742. The molecule has 0 aromatic heterocycles. The van der Waals surface area contributed by atoms with Gasteiger partial charge in [-0.05, 0) is 32.1 Å². The summed E-state index contributed by atoms with van der Waals surface area (Å²) in [7, 11) is 1.46. The van der Waals surface area contributed by atoms with Crippen molar-refractivity contribution in [3.05, 3.63) is 22.3 Å². The molecule has 0 atom stereocenters. The van der Waals surface area contributed by atoms with Gasteiger partial charge >= 0.3 is 5.97 Å². The minimum Gasteiger partial charge on any atom is -0.469 e. The molecule has 7 heteroatoms. The Bertz CT molecular complexity index is 332. The first-order valence-corrected chi connectivity index (χ1v) is 9.59. The highest BCUT2D eigenvalue weighted by Crippen LogP contribution is 2.10. The lowest BCUT2D eigenvalue weighted by Gasteiger charge is -2.00. The van der Waals surface area contributed by atoms with Crippen molar-refractivity contribution in [3.63, 3.8) is 0 Å². The van der Waals surface area contributed by atoms with Gasteiger partial charge in [0.25, 0.3) is 5.09 Å². The van der Waals surface area contributed by atoms with E-state index >= 15 is 0 Å². The zero-order valence-electron chi connectivity index (χ0n) is 16.8. The smallest absolute Gasteiger partial charge is 0.305 e. The highest BCUT2D eigenvalue weighted by molar-refractivity contribution is 5.68. The molecular weight excluding hydrogens is 336 g/mol. The lowest BCUT2D eigenvalue weighted by Crippen LogP contribution is -1.98. The maximum Gasteiger partial charge on any atom is 0.305 e. The molecule has 0 aliphatic heterocycles. The average Bonchev–Trinajstić information content (AvgIpc) is 2.57. The van der Waals surface area contributed by atoms with Crippen LogP contribution in [0.5, 0.6) is 0 Å². The van der Waals surface area contributed by atoms with E-state index < -0.39 is 5.09 Å². The number of ether oxygens (including phenoxy) is 1. The van der Waals surface area contributed by atoms with E-state index in [4.69, 9.17) is 15.3 Å². The van der Waals surface area contributed by atoms with E-state index in [1.165, 1.54) is 77.7 Å². The third-order valence-electron chi connectivity index (χ3n) is 3.87. The number of carbonyl (C=O) groups is 1. The summed E-state index contributed by atoms with van der Waals surface area (Å²) in [6.07, 6.45) is 22.0. The van der Waals surface area contributed by atoms with Crippen LogP contribution >= 0.6 is 0 Å². The Hall–Kier alpha value is -1.63. The number of carbonyl (C=O) groups excluding carboxylic acids is 1. The van der Waals surface area contributed by atoms with Crippen LogP contribution in [-0.2, 0) is 9.53 Å². The van der Waals surface area contributed by atoms with E-state index in [-0.39, 0.29) is 12.1 Å². The van der Waals surface area contributed by atoms with Crippen LogP contribution in [0, 0.1) is 10.1 Å². The van der Waals surface area contributed by atoms with Crippen molar-refractivity contribution in [2.75, 3.05) is 7.11 Å². The second kappa shape index (κ2) is 25.6. The molecule has 0 spiro atoms. The number of hydrogen-bond acceptors (Lipinski definition) is 5. The van der Waals surface area contributed by atoms with Gasteiger partial charge in [-0.15, -0.1) is 10.1 Å². The molecule has 0 saturated carbocycles. The van der Waals surface area contributed by atoms with E-state index in [1.54, 1.807) is 0 Å². The van der Waals surface area contributed by atoms with Gasteiger partial charge in [-0.2, -0.15) is 0 Å². The molecule has 4 N–H and O–H groups in total. The second-order valence-electron chi connectivity index (χ2n) is 6.15. The molecule has 0 aliphatic rings. The minimum atomic E-state index is -1.50. The van der Waals surface area contributed by atoms with Crippen molar-refractivity contribution in [1.82, 2.24) is 6.15 Å². The number of methoxy groups -OCH3 is 1. The Balaban J connectivity index is -0.000000951. The van der Waals surface area contributed by atoms with Crippen LogP contribution in [0.2, 0.25) is 0 Å². The van der Waals surface area contributed by atoms with Crippen LogP contribution < -0.4 is 6.15 Å². The van der Waals surface area contributed by atoms with E-state index in [2.05, 4.69) is 23.8 Å². The van der Waals surface area contributed by atoms with Crippen molar-refractivity contribution in [3.8, 4) is 0 Å². The lowest BCUT2D eigenvalue weighted by atomic mass is 10.1. The summed E-state index contributed by atoms with van der Waals surface area (Å²) in [6, 6.07) is 0. The standard InChI is InChI=1S/C19H36O2.HNO3.H3N/c1-3-4-5-6-7-8-9-10-11-12-13-14-15-16-17-18-19(20)21-2;2-1(3)4;/h10-11H,3-9,12-18H2,1-2H3;(H,2,3,4);1H3/b11-10-;;.